The lowest BCUT2D eigenvalue weighted by molar-refractivity contribution is 0.251. The zero-order chi connectivity index (χ0) is 24.2. The Labute approximate surface area is 209 Å². The van der Waals surface area contributed by atoms with Crippen LogP contribution in [0, 0.1) is 0 Å². The smallest absolute Gasteiger partial charge is 0.153 e. The van der Waals surface area contributed by atoms with Crippen molar-refractivity contribution in [3.63, 3.8) is 0 Å². The maximum atomic E-state index is 9.88. The van der Waals surface area contributed by atoms with Gasteiger partial charge < -0.3 is 19.9 Å². The second-order valence-corrected chi connectivity index (χ2v) is 8.44. The van der Waals surface area contributed by atoms with Gasteiger partial charge in [0.05, 0.1) is 12.8 Å². The molecule has 5 nitrogen and oxygen atoms in total. The van der Waals surface area contributed by atoms with Crippen LogP contribution in [0.2, 0.25) is 5.02 Å². The monoisotopic (exact) mass is 482 g/mol. The van der Waals surface area contributed by atoms with Gasteiger partial charge in [0, 0.05) is 33.6 Å². The number of aliphatic imine (C=N–C) groups is 1. The standard InChI is InChI=1S/C29H23ClN2O3/c1-34-24-6-4-5-20(17-24)29-25(18-31-22-13-11-21(30)12-14-22)28(19-9-15-23(33)16-10-19)32-26-7-2-3-8-27(26)35-29/h2-18,29,31,33H,1H3/b25-18+. The average molecular weight is 483 g/mol. The summed E-state index contributed by atoms with van der Waals surface area (Å²) in [6.07, 6.45) is 1.42. The van der Waals surface area contributed by atoms with Crippen molar-refractivity contribution in [1.29, 1.82) is 0 Å². The third-order valence-corrected chi connectivity index (χ3v) is 5.93. The first-order valence-electron chi connectivity index (χ1n) is 11.1. The normalized spacial score (nSPS) is 16.0. The highest BCUT2D eigenvalue weighted by molar-refractivity contribution is 6.30. The van der Waals surface area contributed by atoms with E-state index in [4.69, 9.17) is 26.1 Å². The molecule has 0 aromatic heterocycles. The molecule has 0 radical (unpaired) electrons. The number of hydrogen-bond donors (Lipinski definition) is 2. The number of halogens is 1. The molecule has 6 heteroatoms. The van der Waals surface area contributed by atoms with E-state index >= 15 is 0 Å². The molecule has 35 heavy (non-hydrogen) atoms. The zero-order valence-corrected chi connectivity index (χ0v) is 19.7. The Hall–Kier alpha value is -4.22. The second-order valence-electron chi connectivity index (χ2n) is 8.00. The van der Waals surface area contributed by atoms with E-state index in [0.717, 1.165) is 39.5 Å². The molecule has 4 aromatic rings. The number of anilines is 1. The van der Waals surface area contributed by atoms with Crippen LogP contribution in [0.3, 0.4) is 0 Å². The number of nitrogens with one attached hydrogen (secondary N) is 1. The first-order valence-corrected chi connectivity index (χ1v) is 11.5. The molecule has 0 bridgehead atoms. The van der Waals surface area contributed by atoms with Crippen molar-refractivity contribution in [2.24, 2.45) is 4.99 Å². The van der Waals surface area contributed by atoms with Crippen molar-refractivity contribution in [3.8, 4) is 17.2 Å². The van der Waals surface area contributed by atoms with E-state index in [0.29, 0.717) is 10.8 Å². The van der Waals surface area contributed by atoms with E-state index in [9.17, 15) is 5.11 Å². The number of fused-ring (bicyclic) bond motifs is 1. The minimum Gasteiger partial charge on any atom is -0.508 e. The van der Waals surface area contributed by atoms with Crippen LogP contribution in [-0.4, -0.2) is 17.9 Å². The Morgan fingerprint density at radius 2 is 1.71 bits per heavy atom. The topological polar surface area (TPSA) is 63.1 Å². The lowest BCUT2D eigenvalue weighted by atomic mass is 9.93. The molecule has 174 valence electrons. The Morgan fingerprint density at radius 1 is 0.943 bits per heavy atom. The van der Waals surface area contributed by atoms with Gasteiger partial charge in [0.1, 0.15) is 22.9 Å². The summed E-state index contributed by atoms with van der Waals surface area (Å²) in [5, 5.41) is 13.9. The van der Waals surface area contributed by atoms with E-state index in [1.165, 1.54) is 0 Å². The van der Waals surface area contributed by atoms with Crippen molar-refractivity contribution >= 4 is 28.7 Å². The van der Waals surface area contributed by atoms with E-state index in [1.54, 1.807) is 19.2 Å². The number of phenolic OH excluding ortho intramolecular Hbond substituents is 1. The predicted octanol–water partition coefficient (Wildman–Crippen LogP) is 7.30. The molecule has 0 fully saturated rings. The van der Waals surface area contributed by atoms with Crippen LogP contribution in [0.25, 0.3) is 0 Å². The fraction of sp³-hybridized carbons (Fsp3) is 0.0690. The van der Waals surface area contributed by atoms with Crippen LogP contribution < -0.4 is 14.8 Å². The molecule has 5 rings (SSSR count). The highest BCUT2D eigenvalue weighted by Gasteiger charge is 2.28. The fourth-order valence-electron chi connectivity index (χ4n) is 3.90. The number of ether oxygens (including phenoxy) is 2. The summed E-state index contributed by atoms with van der Waals surface area (Å²) in [6, 6.07) is 30.0. The summed E-state index contributed by atoms with van der Waals surface area (Å²) in [5.41, 5.74) is 4.90. The summed E-state index contributed by atoms with van der Waals surface area (Å²) in [7, 11) is 1.64. The number of rotatable bonds is 5. The third kappa shape index (κ3) is 5.00. The summed E-state index contributed by atoms with van der Waals surface area (Å²) >= 11 is 6.07. The van der Waals surface area contributed by atoms with Gasteiger partial charge in [-0.25, -0.2) is 4.99 Å². The van der Waals surface area contributed by atoms with Gasteiger partial charge in [-0.3, -0.25) is 0 Å². The summed E-state index contributed by atoms with van der Waals surface area (Å²) in [4.78, 5) is 5.01. The molecular weight excluding hydrogens is 460 g/mol. The van der Waals surface area contributed by atoms with Gasteiger partial charge in [0.15, 0.2) is 6.10 Å². The molecule has 4 aromatic carbocycles. The molecule has 0 saturated carbocycles. The Morgan fingerprint density at radius 3 is 2.49 bits per heavy atom. The lowest BCUT2D eigenvalue weighted by Crippen LogP contribution is -2.18. The summed E-state index contributed by atoms with van der Waals surface area (Å²) in [6.45, 7) is 0. The van der Waals surface area contributed by atoms with Crippen molar-refractivity contribution in [1.82, 2.24) is 0 Å². The van der Waals surface area contributed by atoms with Crippen molar-refractivity contribution in [3.05, 3.63) is 125 Å². The molecule has 0 amide bonds. The Kier molecular flexibility index (Phi) is 6.42. The maximum Gasteiger partial charge on any atom is 0.153 e. The van der Waals surface area contributed by atoms with Crippen molar-refractivity contribution in [2.45, 2.75) is 6.10 Å². The lowest BCUT2D eigenvalue weighted by Gasteiger charge is -2.22. The minimum atomic E-state index is -0.485. The molecule has 1 unspecified atom stereocenters. The maximum absolute atomic E-state index is 9.88. The number of methoxy groups -OCH3 is 1. The SMILES string of the molecule is COc1cccc(C2Oc3ccccc3N=C(c3ccc(O)cc3)/C2=C\Nc2ccc(Cl)cc2)c1. The number of aromatic hydroxyl groups is 1. The molecule has 0 spiro atoms. The van der Waals surface area contributed by atoms with Gasteiger partial charge >= 0.3 is 0 Å². The molecular formula is C29H23ClN2O3. The molecule has 1 atom stereocenters. The quantitative estimate of drug-likeness (QED) is 0.313. The van der Waals surface area contributed by atoms with E-state index < -0.39 is 6.10 Å². The first-order chi connectivity index (χ1) is 17.1. The predicted molar refractivity (Wildman–Crippen MR) is 140 cm³/mol. The number of benzene rings is 4. The van der Waals surface area contributed by atoms with Gasteiger partial charge in [-0.05, 0) is 72.8 Å². The van der Waals surface area contributed by atoms with E-state index in [-0.39, 0.29) is 5.75 Å². The third-order valence-electron chi connectivity index (χ3n) is 5.67. The van der Waals surface area contributed by atoms with Crippen LogP contribution in [0.4, 0.5) is 11.4 Å². The van der Waals surface area contributed by atoms with Gasteiger partial charge in [0.25, 0.3) is 0 Å². The Bertz CT molecular complexity index is 1400. The van der Waals surface area contributed by atoms with Gasteiger partial charge in [0.2, 0.25) is 0 Å². The largest absolute Gasteiger partial charge is 0.508 e. The Balaban J connectivity index is 1.69. The first kappa shape index (κ1) is 22.6. The number of para-hydroxylation sites is 2. The number of hydrogen-bond acceptors (Lipinski definition) is 5. The highest BCUT2D eigenvalue weighted by atomic mass is 35.5. The van der Waals surface area contributed by atoms with Gasteiger partial charge in [-0.1, -0.05) is 35.9 Å². The highest BCUT2D eigenvalue weighted by Crippen LogP contribution is 2.41. The summed E-state index contributed by atoms with van der Waals surface area (Å²) in [5.74, 6) is 1.59. The zero-order valence-electron chi connectivity index (χ0n) is 19.0. The summed E-state index contributed by atoms with van der Waals surface area (Å²) < 4.78 is 12.1. The van der Waals surface area contributed by atoms with Crippen LogP contribution in [0.1, 0.15) is 17.2 Å². The molecule has 1 aliphatic rings. The van der Waals surface area contributed by atoms with E-state index in [2.05, 4.69) is 5.32 Å². The second kappa shape index (κ2) is 9.95. The fourth-order valence-corrected chi connectivity index (χ4v) is 4.03. The van der Waals surface area contributed by atoms with Crippen molar-refractivity contribution in [2.75, 3.05) is 12.4 Å². The van der Waals surface area contributed by atoms with Crippen molar-refractivity contribution < 1.29 is 14.6 Å². The van der Waals surface area contributed by atoms with E-state index in [1.807, 2.05) is 91.1 Å². The molecule has 0 aliphatic carbocycles. The molecule has 2 N–H and O–H groups in total. The number of phenols is 1. The van der Waals surface area contributed by atoms with Gasteiger partial charge in [-0.15, -0.1) is 0 Å². The van der Waals surface area contributed by atoms with Crippen LogP contribution in [0.5, 0.6) is 17.2 Å². The van der Waals surface area contributed by atoms with Crippen LogP contribution in [0.15, 0.2) is 114 Å². The van der Waals surface area contributed by atoms with Gasteiger partial charge in [-0.2, -0.15) is 0 Å². The average Bonchev–Trinajstić information content (AvgIpc) is 3.06. The molecule has 0 saturated heterocycles. The number of nitrogens with zero attached hydrogens (tertiary/aromatic N) is 1. The molecule has 1 heterocycles. The minimum absolute atomic E-state index is 0.189. The van der Waals surface area contributed by atoms with Crippen LogP contribution in [-0.2, 0) is 0 Å². The molecule has 1 aliphatic heterocycles. The van der Waals surface area contributed by atoms with Crippen LogP contribution >= 0.6 is 11.6 Å².